The number of nitriles is 1. The number of hydrogen-bond acceptors (Lipinski definition) is 3. The van der Waals surface area contributed by atoms with Crippen LogP contribution in [0.3, 0.4) is 0 Å². The predicted molar refractivity (Wildman–Crippen MR) is 69.2 cm³/mol. The van der Waals surface area contributed by atoms with Crippen LogP contribution in [-0.4, -0.2) is 25.7 Å². The number of amides is 1. The molecule has 0 atom stereocenters. The van der Waals surface area contributed by atoms with Gasteiger partial charge in [0.25, 0.3) is 5.91 Å². The molecule has 0 aliphatic heterocycles. The molecule has 1 rings (SSSR count). The number of nitrogens with one attached hydrogen (secondary N) is 1. The fourth-order valence-corrected chi connectivity index (χ4v) is 1.60. The minimum absolute atomic E-state index is 0.127. The van der Waals surface area contributed by atoms with Gasteiger partial charge in [-0.05, 0) is 25.0 Å². The molecule has 1 N–H and O–H groups in total. The van der Waals surface area contributed by atoms with E-state index in [4.69, 9.17) is 10.00 Å². The lowest BCUT2D eigenvalue weighted by atomic mass is 10.0. The molecule has 0 fully saturated rings. The maximum absolute atomic E-state index is 11.9. The smallest absolute Gasteiger partial charge is 0.251 e. The summed E-state index contributed by atoms with van der Waals surface area (Å²) in [5.74, 6) is -0.127. The van der Waals surface area contributed by atoms with E-state index >= 15 is 0 Å². The molecule has 0 bridgehead atoms. The van der Waals surface area contributed by atoms with Crippen LogP contribution in [0.5, 0.6) is 0 Å². The molecule has 0 heterocycles. The first kappa shape index (κ1) is 14.2. The molecule has 1 aromatic carbocycles. The summed E-state index contributed by atoms with van der Waals surface area (Å²) in [6, 6.07) is 9.24. The van der Waals surface area contributed by atoms with E-state index in [0.717, 1.165) is 12.0 Å². The summed E-state index contributed by atoms with van der Waals surface area (Å²) < 4.78 is 5.19. The Morgan fingerprint density at radius 3 is 2.94 bits per heavy atom. The third-order valence-corrected chi connectivity index (χ3v) is 2.49. The zero-order valence-electron chi connectivity index (χ0n) is 10.6. The number of nitrogens with zero attached hydrogens (tertiary/aromatic N) is 1. The van der Waals surface area contributed by atoms with E-state index in [1.165, 1.54) is 0 Å². The summed E-state index contributed by atoms with van der Waals surface area (Å²) >= 11 is 0. The zero-order valence-corrected chi connectivity index (χ0v) is 10.6. The Hall–Kier alpha value is -1.86. The van der Waals surface area contributed by atoms with E-state index in [-0.39, 0.29) is 12.3 Å². The van der Waals surface area contributed by atoms with Crippen molar-refractivity contribution in [3.63, 3.8) is 0 Å². The molecule has 96 valence electrons. The van der Waals surface area contributed by atoms with Crippen LogP contribution < -0.4 is 5.32 Å². The van der Waals surface area contributed by atoms with Crippen molar-refractivity contribution in [2.45, 2.75) is 19.8 Å². The number of rotatable bonds is 7. The van der Waals surface area contributed by atoms with Gasteiger partial charge in [0.15, 0.2) is 0 Å². The SMILES string of the molecule is CCOCCCNC(=O)c1ccccc1CC#N. The van der Waals surface area contributed by atoms with Gasteiger partial charge in [-0.1, -0.05) is 18.2 Å². The molecule has 0 spiro atoms. The highest BCUT2D eigenvalue weighted by molar-refractivity contribution is 5.95. The van der Waals surface area contributed by atoms with Gasteiger partial charge in [0.05, 0.1) is 12.5 Å². The third kappa shape index (κ3) is 4.56. The summed E-state index contributed by atoms with van der Waals surface area (Å²) in [5, 5.41) is 11.5. The van der Waals surface area contributed by atoms with Gasteiger partial charge in [-0.3, -0.25) is 4.79 Å². The van der Waals surface area contributed by atoms with Crippen LogP contribution in [0.4, 0.5) is 0 Å². The van der Waals surface area contributed by atoms with Gasteiger partial charge >= 0.3 is 0 Å². The normalized spacial score (nSPS) is 9.78. The number of benzene rings is 1. The minimum Gasteiger partial charge on any atom is -0.382 e. The fraction of sp³-hybridized carbons (Fsp3) is 0.429. The molecular formula is C14H18N2O2. The van der Waals surface area contributed by atoms with Crippen LogP contribution in [0.2, 0.25) is 0 Å². The van der Waals surface area contributed by atoms with E-state index < -0.39 is 0 Å². The molecule has 1 aromatic rings. The molecule has 0 saturated carbocycles. The van der Waals surface area contributed by atoms with Crippen LogP contribution in [-0.2, 0) is 11.2 Å². The lowest BCUT2D eigenvalue weighted by molar-refractivity contribution is 0.0943. The van der Waals surface area contributed by atoms with Crippen molar-refractivity contribution >= 4 is 5.91 Å². The average Bonchev–Trinajstić information content (AvgIpc) is 2.39. The molecule has 4 nitrogen and oxygen atoms in total. The third-order valence-electron chi connectivity index (χ3n) is 2.49. The fourth-order valence-electron chi connectivity index (χ4n) is 1.60. The molecule has 0 radical (unpaired) electrons. The van der Waals surface area contributed by atoms with Crippen molar-refractivity contribution in [1.82, 2.24) is 5.32 Å². The Morgan fingerprint density at radius 2 is 2.22 bits per heavy atom. The number of carbonyl (C=O) groups excluding carboxylic acids is 1. The van der Waals surface area contributed by atoms with E-state index in [2.05, 4.69) is 11.4 Å². The van der Waals surface area contributed by atoms with Crippen LogP contribution in [0.1, 0.15) is 29.3 Å². The summed E-state index contributed by atoms with van der Waals surface area (Å²) in [5.41, 5.74) is 1.35. The average molecular weight is 246 g/mol. The topological polar surface area (TPSA) is 62.1 Å². The van der Waals surface area contributed by atoms with Gasteiger partial charge < -0.3 is 10.1 Å². The monoisotopic (exact) mass is 246 g/mol. The molecule has 0 aromatic heterocycles. The highest BCUT2D eigenvalue weighted by Gasteiger charge is 2.09. The summed E-state index contributed by atoms with van der Waals surface area (Å²) in [7, 11) is 0. The summed E-state index contributed by atoms with van der Waals surface area (Å²) in [6.45, 7) is 3.87. The maximum Gasteiger partial charge on any atom is 0.251 e. The molecular weight excluding hydrogens is 228 g/mol. The Balaban J connectivity index is 2.48. The lowest BCUT2D eigenvalue weighted by Gasteiger charge is -2.08. The number of hydrogen-bond donors (Lipinski definition) is 1. The van der Waals surface area contributed by atoms with Crippen LogP contribution in [0, 0.1) is 11.3 Å². The van der Waals surface area contributed by atoms with Gasteiger partial charge in [-0.25, -0.2) is 0 Å². The second-order valence-electron chi connectivity index (χ2n) is 3.80. The minimum atomic E-state index is -0.127. The van der Waals surface area contributed by atoms with Crippen molar-refractivity contribution in [2.75, 3.05) is 19.8 Å². The predicted octanol–water partition coefficient (Wildman–Crippen LogP) is 1.91. The summed E-state index contributed by atoms with van der Waals surface area (Å²) in [6.07, 6.45) is 1.04. The second kappa shape index (κ2) is 8.26. The van der Waals surface area contributed by atoms with E-state index in [0.29, 0.717) is 25.3 Å². The Labute approximate surface area is 108 Å². The zero-order chi connectivity index (χ0) is 13.2. The van der Waals surface area contributed by atoms with Gasteiger partial charge in [-0.2, -0.15) is 5.26 Å². The first-order valence-corrected chi connectivity index (χ1v) is 6.10. The first-order chi connectivity index (χ1) is 8.79. The Morgan fingerprint density at radius 1 is 1.44 bits per heavy atom. The molecule has 0 unspecified atom stereocenters. The quantitative estimate of drug-likeness (QED) is 0.747. The van der Waals surface area contributed by atoms with Gasteiger partial charge in [0.2, 0.25) is 0 Å². The first-order valence-electron chi connectivity index (χ1n) is 6.10. The standard InChI is InChI=1S/C14H18N2O2/c1-2-18-11-5-10-16-14(17)13-7-4-3-6-12(13)8-9-15/h3-4,6-7H,2,5,8,10-11H2,1H3,(H,16,17). The number of ether oxygens (including phenoxy) is 1. The van der Waals surface area contributed by atoms with Crippen molar-refractivity contribution in [1.29, 1.82) is 5.26 Å². The van der Waals surface area contributed by atoms with E-state index in [9.17, 15) is 4.79 Å². The van der Waals surface area contributed by atoms with Gasteiger partial charge in [0, 0.05) is 25.3 Å². The lowest BCUT2D eigenvalue weighted by Crippen LogP contribution is -2.26. The largest absolute Gasteiger partial charge is 0.382 e. The molecule has 0 aliphatic carbocycles. The summed E-state index contributed by atoms with van der Waals surface area (Å²) in [4.78, 5) is 11.9. The van der Waals surface area contributed by atoms with E-state index in [1.807, 2.05) is 13.0 Å². The van der Waals surface area contributed by atoms with Crippen LogP contribution in [0.25, 0.3) is 0 Å². The molecule has 18 heavy (non-hydrogen) atoms. The second-order valence-corrected chi connectivity index (χ2v) is 3.80. The maximum atomic E-state index is 11.9. The van der Waals surface area contributed by atoms with Crippen LogP contribution in [0.15, 0.2) is 24.3 Å². The van der Waals surface area contributed by atoms with Crippen LogP contribution >= 0.6 is 0 Å². The molecule has 4 heteroatoms. The van der Waals surface area contributed by atoms with Crippen molar-refractivity contribution in [3.8, 4) is 6.07 Å². The van der Waals surface area contributed by atoms with Crippen molar-refractivity contribution < 1.29 is 9.53 Å². The van der Waals surface area contributed by atoms with Gasteiger partial charge in [0.1, 0.15) is 0 Å². The molecule has 0 saturated heterocycles. The van der Waals surface area contributed by atoms with Gasteiger partial charge in [-0.15, -0.1) is 0 Å². The van der Waals surface area contributed by atoms with E-state index in [1.54, 1.807) is 18.2 Å². The Kier molecular flexibility index (Phi) is 6.52. The number of carbonyl (C=O) groups is 1. The molecule has 1 amide bonds. The molecule has 0 aliphatic rings. The van der Waals surface area contributed by atoms with Crippen molar-refractivity contribution in [3.05, 3.63) is 35.4 Å². The van der Waals surface area contributed by atoms with Crippen molar-refractivity contribution in [2.24, 2.45) is 0 Å². The Bertz CT molecular complexity index is 424. The highest BCUT2D eigenvalue weighted by Crippen LogP contribution is 2.09. The highest BCUT2D eigenvalue weighted by atomic mass is 16.5.